The lowest BCUT2D eigenvalue weighted by Crippen LogP contribution is -2.30. The first-order chi connectivity index (χ1) is 15.5. The highest BCUT2D eigenvalue weighted by Gasteiger charge is 2.45. The van der Waals surface area contributed by atoms with Gasteiger partial charge in [0, 0.05) is 12.1 Å². The number of ether oxygens (including phenoxy) is 1. The van der Waals surface area contributed by atoms with Crippen LogP contribution in [0, 0.1) is 0 Å². The monoisotopic (exact) mass is 433 g/mol. The largest absolute Gasteiger partial charge is 0.507 e. The lowest BCUT2D eigenvalue weighted by atomic mass is 9.93. The normalized spacial score (nSPS) is 19.7. The molecular formula is C27H31NO4. The Kier molecular flexibility index (Phi) is 6.63. The van der Waals surface area contributed by atoms with Crippen molar-refractivity contribution in [2.24, 2.45) is 0 Å². The van der Waals surface area contributed by atoms with E-state index in [9.17, 15) is 14.7 Å². The van der Waals surface area contributed by atoms with Gasteiger partial charge in [-0.15, -0.1) is 0 Å². The summed E-state index contributed by atoms with van der Waals surface area (Å²) in [5, 5.41) is 11.3. The Balaban J connectivity index is 1.79. The van der Waals surface area contributed by atoms with E-state index in [4.69, 9.17) is 4.74 Å². The van der Waals surface area contributed by atoms with E-state index < -0.39 is 17.7 Å². The van der Waals surface area contributed by atoms with Crippen molar-refractivity contribution in [1.82, 2.24) is 4.90 Å². The van der Waals surface area contributed by atoms with Gasteiger partial charge in [-0.25, -0.2) is 0 Å². The smallest absolute Gasteiger partial charge is 0.295 e. The number of unbranched alkanes of at least 4 members (excludes halogenated alkanes) is 2. The van der Waals surface area contributed by atoms with Crippen LogP contribution in [0.2, 0.25) is 0 Å². The molecule has 0 radical (unpaired) electrons. The zero-order valence-electron chi connectivity index (χ0n) is 18.9. The van der Waals surface area contributed by atoms with E-state index in [1.54, 1.807) is 11.0 Å². The summed E-state index contributed by atoms with van der Waals surface area (Å²) < 4.78 is 5.68. The molecule has 2 aromatic carbocycles. The molecule has 1 unspecified atom stereocenters. The van der Waals surface area contributed by atoms with Crippen molar-refractivity contribution in [3.05, 3.63) is 70.3 Å². The second kappa shape index (κ2) is 9.60. The van der Waals surface area contributed by atoms with Gasteiger partial charge in [0.25, 0.3) is 11.7 Å². The van der Waals surface area contributed by atoms with E-state index in [1.165, 1.54) is 5.56 Å². The van der Waals surface area contributed by atoms with Crippen LogP contribution in [0.1, 0.15) is 67.8 Å². The Morgan fingerprint density at radius 1 is 1.09 bits per heavy atom. The number of ketones is 1. The van der Waals surface area contributed by atoms with Gasteiger partial charge < -0.3 is 14.7 Å². The fraction of sp³-hybridized carbons (Fsp3) is 0.407. The number of amides is 1. The molecule has 0 spiro atoms. The number of Topliss-reactive ketones (excluding diaryl/α,β-unsaturated/α-hetero) is 1. The molecule has 4 rings (SSSR count). The van der Waals surface area contributed by atoms with Crippen molar-refractivity contribution in [1.29, 1.82) is 0 Å². The topological polar surface area (TPSA) is 66.8 Å². The summed E-state index contributed by atoms with van der Waals surface area (Å²) in [6.07, 6.45) is 5.52. The second-order valence-corrected chi connectivity index (χ2v) is 8.57. The molecule has 1 amide bonds. The first-order valence-corrected chi connectivity index (χ1v) is 11.7. The van der Waals surface area contributed by atoms with Crippen LogP contribution in [0.25, 0.3) is 5.76 Å². The molecule has 2 aromatic rings. The van der Waals surface area contributed by atoms with Gasteiger partial charge in [0.1, 0.15) is 11.5 Å². The van der Waals surface area contributed by atoms with Gasteiger partial charge in [0.2, 0.25) is 0 Å². The van der Waals surface area contributed by atoms with E-state index in [1.807, 2.05) is 36.4 Å². The number of fused-ring (bicyclic) bond motifs is 1. The summed E-state index contributed by atoms with van der Waals surface area (Å²) in [5.74, 6) is -0.440. The molecule has 1 saturated heterocycles. The molecule has 5 nitrogen and oxygen atoms in total. The molecule has 5 heteroatoms. The highest BCUT2D eigenvalue weighted by molar-refractivity contribution is 6.46. The van der Waals surface area contributed by atoms with E-state index in [0.717, 1.165) is 55.4 Å². The van der Waals surface area contributed by atoms with Gasteiger partial charge in [0.05, 0.1) is 18.2 Å². The lowest BCUT2D eigenvalue weighted by molar-refractivity contribution is -0.139. The number of nitrogens with zero attached hydrogens (tertiary/aromatic N) is 1. The zero-order valence-corrected chi connectivity index (χ0v) is 18.9. The van der Waals surface area contributed by atoms with Gasteiger partial charge in [-0.2, -0.15) is 0 Å². The molecule has 0 bridgehead atoms. The van der Waals surface area contributed by atoms with Crippen LogP contribution < -0.4 is 4.74 Å². The summed E-state index contributed by atoms with van der Waals surface area (Å²) in [5.41, 5.74) is 3.77. The second-order valence-electron chi connectivity index (χ2n) is 8.57. The molecule has 0 aromatic heterocycles. The molecule has 1 N–H and O–H groups in total. The molecular weight excluding hydrogens is 402 g/mol. The number of carbonyl (C=O) groups excluding carboxylic acids is 2. The quantitative estimate of drug-likeness (QED) is 0.283. The van der Waals surface area contributed by atoms with Gasteiger partial charge in [-0.1, -0.05) is 51.0 Å². The number of likely N-dealkylation sites (tertiary alicyclic amines) is 1. The van der Waals surface area contributed by atoms with Gasteiger partial charge in [-0.3, -0.25) is 9.59 Å². The van der Waals surface area contributed by atoms with Crippen molar-refractivity contribution in [2.75, 3.05) is 13.2 Å². The molecule has 168 valence electrons. The molecule has 2 aliphatic heterocycles. The predicted octanol–water partition coefficient (Wildman–Crippen LogP) is 5.19. The minimum Gasteiger partial charge on any atom is -0.507 e. The van der Waals surface area contributed by atoms with Crippen LogP contribution in [0.5, 0.6) is 5.75 Å². The number of aliphatic hydroxyl groups is 1. The minimum absolute atomic E-state index is 0.112. The Bertz CT molecular complexity index is 1040. The van der Waals surface area contributed by atoms with Crippen LogP contribution in [-0.4, -0.2) is 34.8 Å². The van der Waals surface area contributed by atoms with Gasteiger partial charge >= 0.3 is 0 Å². The van der Waals surface area contributed by atoms with E-state index in [2.05, 4.69) is 13.8 Å². The van der Waals surface area contributed by atoms with Gasteiger partial charge in [0.15, 0.2) is 0 Å². The Hall–Kier alpha value is -3.08. The number of hydrogen-bond acceptors (Lipinski definition) is 4. The average Bonchev–Trinajstić information content (AvgIpc) is 3.08. The van der Waals surface area contributed by atoms with Crippen molar-refractivity contribution in [2.45, 2.75) is 58.4 Å². The number of rotatable bonds is 7. The maximum Gasteiger partial charge on any atom is 0.295 e. The fourth-order valence-corrected chi connectivity index (χ4v) is 4.59. The van der Waals surface area contributed by atoms with Crippen molar-refractivity contribution >= 4 is 17.4 Å². The Morgan fingerprint density at radius 2 is 1.88 bits per heavy atom. The van der Waals surface area contributed by atoms with Crippen molar-refractivity contribution < 1.29 is 19.4 Å². The van der Waals surface area contributed by atoms with Crippen LogP contribution in [0.15, 0.2) is 48.0 Å². The number of hydrogen-bond donors (Lipinski definition) is 1. The predicted molar refractivity (Wildman–Crippen MR) is 125 cm³/mol. The van der Waals surface area contributed by atoms with E-state index >= 15 is 0 Å². The van der Waals surface area contributed by atoms with E-state index in [-0.39, 0.29) is 11.3 Å². The number of aliphatic hydroxyl groups excluding tert-OH is 1. The molecule has 2 aliphatic rings. The third kappa shape index (κ3) is 4.16. The van der Waals surface area contributed by atoms with Crippen LogP contribution in [0.3, 0.4) is 0 Å². The zero-order chi connectivity index (χ0) is 22.7. The summed E-state index contributed by atoms with van der Waals surface area (Å²) in [4.78, 5) is 27.8. The highest BCUT2D eigenvalue weighted by Crippen LogP contribution is 2.40. The van der Waals surface area contributed by atoms with Crippen LogP contribution >= 0.6 is 0 Å². The fourth-order valence-electron chi connectivity index (χ4n) is 4.59. The van der Waals surface area contributed by atoms with Crippen LogP contribution in [-0.2, 0) is 22.4 Å². The molecule has 1 fully saturated rings. The third-order valence-electron chi connectivity index (χ3n) is 6.43. The molecule has 1 atom stereocenters. The molecule has 2 heterocycles. The SMILES string of the molecule is CCCCCN1C(=O)C(=O)/C(=C(\O)c2ccc3c(c2)CCCO3)C1c1ccc(CC)cc1. The average molecular weight is 434 g/mol. The minimum atomic E-state index is -0.613. The molecule has 0 saturated carbocycles. The summed E-state index contributed by atoms with van der Waals surface area (Å²) in [6.45, 7) is 5.38. The van der Waals surface area contributed by atoms with Crippen molar-refractivity contribution in [3.8, 4) is 5.75 Å². The number of carbonyl (C=O) groups is 2. The Morgan fingerprint density at radius 3 is 2.59 bits per heavy atom. The number of aryl methyl sites for hydroxylation is 2. The number of benzene rings is 2. The highest BCUT2D eigenvalue weighted by atomic mass is 16.5. The van der Waals surface area contributed by atoms with Gasteiger partial charge in [-0.05, 0) is 60.6 Å². The lowest BCUT2D eigenvalue weighted by Gasteiger charge is -2.25. The summed E-state index contributed by atoms with van der Waals surface area (Å²) in [6, 6.07) is 12.9. The molecule has 0 aliphatic carbocycles. The molecule has 32 heavy (non-hydrogen) atoms. The van der Waals surface area contributed by atoms with E-state index in [0.29, 0.717) is 18.7 Å². The third-order valence-corrected chi connectivity index (χ3v) is 6.43. The van der Waals surface area contributed by atoms with Crippen molar-refractivity contribution in [3.63, 3.8) is 0 Å². The maximum atomic E-state index is 13.1. The summed E-state index contributed by atoms with van der Waals surface area (Å²) in [7, 11) is 0. The first-order valence-electron chi connectivity index (χ1n) is 11.7. The summed E-state index contributed by atoms with van der Waals surface area (Å²) >= 11 is 0. The standard InChI is InChI=1S/C27H31NO4/c1-3-5-6-15-28-24(19-11-9-18(4-2)10-12-19)23(26(30)27(28)31)25(29)21-13-14-22-20(17-21)8-7-16-32-22/h9-14,17,24,29H,3-8,15-16H2,1-2H3/b25-23-. The first kappa shape index (κ1) is 22.1. The Labute approximate surface area is 189 Å². The maximum absolute atomic E-state index is 13.1. The van der Waals surface area contributed by atoms with Crippen LogP contribution in [0.4, 0.5) is 0 Å².